The molecule has 0 aliphatic heterocycles. The third-order valence-electron chi connectivity index (χ3n) is 6.76. The van der Waals surface area contributed by atoms with Gasteiger partial charge in [0.05, 0.1) is 47.4 Å². The van der Waals surface area contributed by atoms with Crippen LogP contribution >= 0.6 is 11.6 Å². The number of nitrogens with zero attached hydrogens (tertiary/aromatic N) is 2. The largest absolute Gasteiger partial charge is 0.497 e. The lowest BCUT2D eigenvalue weighted by atomic mass is 10.2. The van der Waals surface area contributed by atoms with E-state index in [0.717, 1.165) is 6.07 Å². The van der Waals surface area contributed by atoms with Gasteiger partial charge in [0.1, 0.15) is 23.8 Å². The molecule has 14 nitrogen and oxygen atoms in total. The van der Waals surface area contributed by atoms with E-state index in [0.29, 0.717) is 10.1 Å². The molecule has 0 aliphatic rings. The number of hydrogen-bond donors (Lipinski definition) is 2. The topological polar surface area (TPSA) is 183 Å². The predicted octanol–water partition coefficient (Wildman–Crippen LogP) is 5.22. The number of ether oxygens (including phenoxy) is 3. The fourth-order valence-electron chi connectivity index (χ4n) is 4.38. The minimum Gasteiger partial charge on any atom is -0.497 e. The van der Waals surface area contributed by atoms with E-state index in [1.165, 1.54) is 95.0 Å². The summed E-state index contributed by atoms with van der Waals surface area (Å²) in [7, 11) is -4.60. The Labute approximate surface area is 276 Å². The standard InChI is InChI=1S/C30H29ClN4O10S2/c1-19-5-10-24(17-26(19)35(37)38)47(41,42)34(27-15-20(31)6-13-29(27)45-4)18-30(36)32-21-7-11-23(12-8-21)46(39,40)33-25-16-22(43-2)9-14-28(25)44-3/h5-17,33H,18H2,1-4H3,(H,32,36). The molecule has 0 saturated heterocycles. The van der Waals surface area contributed by atoms with Gasteiger partial charge in [-0.15, -0.1) is 0 Å². The van der Waals surface area contributed by atoms with Gasteiger partial charge in [-0.3, -0.25) is 23.9 Å². The number of carbonyl (C=O) groups excluding carboxylic acids is 1. The molecule has 0 bridgehead atoms. The number of methoxy groups -OCH3 is 3. The first-order valence-electron chi connectivity index (χ1n) is 13.5. The molecular formula is C30H29ClN4O10S2. The van der Waals surface area contributed by atoms with Crippen molar-refractivity contribution in [3.8, 4) is 17.2 Å². The lowest BCUT2D eigenvalue weighted by Gasteiger charge is -2.26. The van der Waals surface area contributed by atoms with Crippen LogP contribution in [0, 0.1) is 17.0 Å². The monoisotopic (exact) mass is 704 g/mol. The van der Waals surface area contributed by atoms with E-state index in [2.05, 4.69) is 10.0 Å². The first-order valence-corrected chi connectivity index (χ1v) is 16.8. The van der Waals surface area contributed by atoms with Crippen molar-refractivity contribution in [2.24, 2.45) is 0 Å². The van der Waals surface area contributed by atoms with Crippen LogP contribution < -0.4 is 28.6 Å². The van der Waals surface area contributed by atoms with Gasteiger partial charge in [0, 0.05) is 28.4 Å². The summed E-state index contributed by atoms with van der Waals surface area (Å²) < 4.78 is 72.9. The van der Waals surface area contributed by atoms with Gasteiger partial charge in [-0.2, -0.15) is 0 Å². The van der Waals surface area contributed by atoms with Crippen molar-refractivity contribution in [1.29, 1.82) is 0 Å². The second-order valence-electron chi connectivity index (χ2n) is 9.78. The number of carbonyl (C=O) groups is 1. The summed E-state index contributed by atoms with van der Waals surface area (Å²) in [5, 5.41) is 14.2. The van der Waals surface area contributed by atoms with E-state index in [1.54, 1.807) is 6.07 Å². The van der Waals surface area contributed by atoms with Crippen LogP contribution in [0.15, 0.2) is 88.7 Å². The maximum Gasteiger partial charge on any atom is 0.273 e. The number of benzene rings is 4. The molecule has 0 aliphatic carbocycles. The summed E-state index contributed by atoms with van der Waals surface area (Å²) in [5.74, 6) is -0.114. The number of halogens is 1. The molecule has 0 unspecified atom stereocenters. The highest BCUT2D eigenvalue weighted by atomic mass is 35.5. The molecule has 1 amide bonds. The van der Waals surface area contributed by atoms with Gasteiger partial charge in [-0.25, -0.2) is 16.8 Å². The van der Waals surface area contributed by atoms with Crippen LogP contribution in [-0.2, 0) is 24.8 Å². The smallest absolute Gasteiger partial charge is 0.273 e. The second kappa shape index (κ2) is 14.1. The van der Waals surface area contributed by atoms with Gasteiger partial charge in [0.2, 0.25) is 5.91 Å². The van der Waals surface area contributed by atoms with Crippen LogP contribution in [0.5, 0.6) is 17.2 Å². The number of nitro benzene ring substituents is 1. The van der Waals surface area contributed by atoms with E-state index in [1.807, 2.05) is 0 Å². The zero-order valence-corrected chi connectivity index (χ0v) is 27.8. The van der Waals surface area contributed by atoms with Gasteiger partial charge < -0.3 is 19.5 Å². The Hall–Kier alpha value is -5.06. The molecule has 17 heteroatoms. The van der Waals surface area contributed by atoms with Crippen LogP contribution in [0.25, 0.3) is 0 Å². The molecule has 0 fully saturated rings. The Morgan fingerprint density at radius 2 is 1.49 bits per heavy atom. The summed E-state index contributed by atoms with van der Waals surface area (Å²) >= 11 is 6.17. The summed E-state index contributed by atoms with van der Waals surface area (Å²) in [4.78, 5) is 23.5. The zero-order valence-electron chi connectivity index (χ0n) is 25.4. The molecule has 0 aromatic heterocycles. The molecule has 0 atom stereocenters. The fraction of sp³-hybridized carbons (Fsp3) is 0.167. The summed E-state index contributed by atoms with van der Waals surface area (Å²) in [5.41, 5.74) is -0.00109. The number of nitro groups is 1. The van der Waals surface area contributed by atoms with Crippen molar-refractivity contribution in [2.75, 3.05) is 42.2 Å². The third kappa shape index (κ3) is 7.85. The predicted molar refractivity (Wildman–Crippen MR) is 176 cm³/mol. The molecule has 0 spiro atoms. The quantitative estimate of drug-likeness (QED) is 0.138. The summed E-state index contributed by atoms with van der Waals surface area (Å²) in [6.45, 7) is 0.653. The van der Waals surface area contributed by atoms with Crippen LogP contribution in [0.2, 0.25) is 5.02 Å². The normalized spacial score (nSPS) is 11.3. The minimum atomic E-state index is -4.61. The Balaban J connectivity index is 1.62. The number of rotatable bonds is 13. The van der Waals surface area contributed by atoms with E-state index in [-0.39, 0.29) is 44.0 Å². The maximum absolute atomic E-state index is 13.9. The van der Waals surface area contributed by atoms with Gasteiger partial charge >= 0.3 is 0 Å². The van der Waals surface area contributed by atoms with Crippen molar-refractivity contribution in [2.45, 2.75) is 16.7 Å². The van der Waals surface area contributed by atoms with Gasteiger partial charge in [-0.1, -0.05) is 17.7 Å². The number of amides is 1. The van der Waals surface area contributed by atoms with Crippen LogP contribution in [0.1, 0.15) is 5.56 Å². The second-order valence-corrected chi connectivity index (χ2v) is 13.8. The number of hydrogen-bond acceptors (Lipinski definition) is 10. The van der Waals surface area contributed by atoms with Gasteiger partial charge in [0.25, 0.3) is 25.7 Å². The van der Waals surface area contributed by atoms with Crippen molar-refractivity contribution in [3.63, 3.8) is 0 Å². The number of aryl methyl sites for hydroxylation is 1. The summed E-state index contributed by atoms with van der Waals surface area (Å²) in [6, 6.07) is 17.2. The SMILES string of the molecule is COc1ccc(OC)c(NS(=O)(=O)c2ccc(NC(=O)CN(c3cc(Cl)ccc3OC)S(=O)(=O)c3ccc(C)c([N+](=O)[O-])c3)cc2)c1. The van der Waals surface area contributed by atoms with E-state index < -0.39 is 48.0 Å². The Bertz CT molecular complexity index is 2040. The lowest BCUT2D eigenvalue weighted by Crippen LogP contribution is -2.38. The average molecular weight is 705 g/mol. The van der Waals surface area contributed by atoms with Crippen molar-refractivity contribution in [1.82, 2.24) is 0 Å². The Kier molecular flexibility index (Phi) is 10.5. The molecule has 47 heavy (non-hydrogen) atoms. The van der Waals surface area contributed by atoms with Gasteiger partial charge in [0.15, 0.2) is 0 Å². The molecule has 4 rings (SSSR count). The maximum atomic E-state index is 13.9. The highest BCUT2D eigenvalue weighted by Gasteiger charge is 2.31. The van der Waals surface area contributed by atoms with E-state index >= 15 is 0 Å². The summed E-state index contributed by atoms with van der Waals surface area (Å²) in [6.07, 6.45) is 0. The van der Waals surface area contributed by atoms with Crippen LogP contribution in [-0.4, -0.2) is 55.5 Å². The Morgan fingerprint density at radius 1 is 0.851 bits per heavy atom. The minimum absolute atomic E-state index is 0.0575. The van der Waals surface area contributed by atoms with E-state index in [4.69, 9.17) is 25.8 Å². The molecule has 0 radical (unpaired) electrons. The average Bonchev–Trinajstić information content (AvgIpc) is 3.03. The van der Waals surface area contributed by atoms with Crippen LogP contribution in [0.4, 0.5) is 22.7 Å². The van der Waals surface area contributed by atoms with Crippen molar-refractivity contribution >= 4 is 60.3 Å². The van der Waals surface area contributed by atoms with Crippen molar-refractivity contribution < 1.29 is 40.8 Å². The van der Waals surface area contributed by atoms with Crippen LogP contribution in [0.3, 0.4) is 0 Å². The van der Waals surface area contributed by atoms with Gasteiger partial charge in [-0.05, 0) is 67.6 Å². The molecule has 0 saturated carbocycles. The molecule has 4 aromatic carbocycles. The van der Waals surface area contributed by atoms with Crippen molar-refractivity contribution in [3.05, 3.63) is 99.6 Å². The number of nitrogens with one attached hydrogen (secondary N) is 2. The lowest BCUT2D eigenvalue weighted by molar-refractivity contribution is -0.385. The Morgan fingerprint density at radius 3 is 2.11 bits per heavy atom. The zero-order chi connectivity index (χ0) is 34.5. The highest BCUT2D eigenvalue weighted by molar-refractivity contribution is 7.93. The first-order chi connectivity index (χ1) is 22.2. The molecule has 248 valence electrons. The third-order valence-corrected chi connectivity index (χ3v) is 10.1. The molecule has 2 N–H and O–H groups in total. The molecular weight excluding hydrogens is 676 g/mol. The van der Waals surface area contributed by atoms with E-state index in [9.17, 15) is 31.7 Å². The fourth-order valence-corrected chi connectivity index (χ4v) is 7.05. The highest BCUT2D eigenvalue weighted by Crippen LogP contribution is 2.36. The molecule has 4 aromatic rings. The number of anilines is 3. The first kappa shape index (κ1) is 34.8. The molecule has 0 heterocycles. The number of sulfonamides is 2.